The zero-order chi connectivity index (χ0) is 37.8. The molecule has 4 N–H and O–H groups in total. The van der Waals surface area contributed by atoms with Crippen LogP contribution < -0.4 is 21.9 Å². The number of carbonyl (C=O) groups is 2. The quantitative estimate of drug-likeness (QED) is 0.0790. The smallest absolute Gasteiger partial charge is 0.303 e. The molecule has 2 aromatic carbocycles. The van der Waals surface area contributed by atoms with Crippen molar-refractivity contribution in [1.29, 1.82) is 0 Å². The summed E-state index contributed by atoms with van der Waals surface area (Å²) in [6.45, 7) is 9.06. The van der Waals surface area contributed by atoms with E-state index < -0.39 is 43.0 Å². The Morgan fingerprint density at radius 1 is 0.731 bits per heavy atom. The van der Waals surface area contributed by atoms with Crippen molar-refractivity contribution >= 4 is 49.3 Å². The fourth-order valence-electron chi connectivity index (χ4n) is 6.92. The normalized spacial score (nSPS) is 17.2. The molecule has 2 heterocycles. The van der Waals surface area contributed by atoms with Crippen LogP contribution in [0.1, 0.15) is 90.2 Å². The molecule has 2 aromatic rings. The molecule has 0 atom stereocenters. The summed E-state index contributed by atoms with van der Waals surface area (Å²) in [5.41, 5.74) is 3.64. The predicted molar refractivity (Wildman–Crippen MR) is 194 cm³/mol. The number of anilines is 1. The first-order valence-electron chi connectivity index (χ1n) is 16.9. The van der Waals surface area contributed by atoms with Crippen molar-refractivity contribution in [3.8, 4) is 0 Å². The van der Waals surface area contributed by atoms with Crippen LogP contribution in [0.15, 0.2) is 82.3 Å². The lowest BCUT2D eigenvalue weighted by Crippen LogP contribution is -3.00. The highest BCUT2D eigenvalue weighted by Gasteiger charge is 2.45. The number of hydrogen-bond acceptors (Lipinski definition) is 7. The van der Waals surface area contributed by atoms with Gasteiger partial charge in [-0.1, -0.05) is 38.5 Å². The van der Waals surface area contributed by atoms with E-state index in [0.717, 1.165) is 33.9 Å². The summed E-state index contributed by atoms with van der Waals surface area (Å²) in [7, 11) is -8.84. The van der Waals surface area contributed by atoms with Gasteiger partial charge < -0.3 is 32.1 Å². The van der Waals surface area contributed by atoms with Crippen molar-refractivity contribution in [2.75, 3.05) is 18.0 Å². The molecule has 0 spiro atoms. The van der Waals surface area contributed by atoms with Gasteiger partial charge in [0.1, 0.15) is 6.54 Å². The molecule has 12 nitrogen and oxygen atoms in total. The number of halogens is 1. The minimum Gasteiger partial charge on any atom is -1.00 e. The van der Waals surface area contributed by atoms with Gasteiger partial charge in [-0.15, -0.1) is 0 Å². The average molecular weight is 824 g/mol. The van der Waals surface area contributed by atoms with Gasteiger partial charge in [-0.2, -0.15) is 21.4 Å². The number of rotatable bonds is 17. The molecule has 0 saturated heterocycles. The minimum atomic E-state index is -4.42. The molecule has 284 valence electrons. The average Bonchev–Trinajstić information content (AvgIpc) is 3.37. The Labute approximate surface area is 316 Å². The van der Waals surface area contributed by atoms with Crippen molar-refractivity contribution in [2.24, 2.45) is 0 Å². The van der Waals surface area contributed by atoms with Gasteiger partial charge in [-0.05, 0) is 81.5 Å². The highest BCUT2D eigenvalue weighted by atomic mass is 79.9. The van der Waals surface area contributed by atoms with Crippen LogP contribution in [0.25, 0.3) is 0 Å². The second-order valence-corrected chi connectivity index (χ2v) is 16.8. The number of nitrogens with zero attached hydrogens (tertiary/aromatic N) is 2. The summed E-state index contributed by atoms with van der Waals surface area (Å²) in [4.78, 5) is 23.7. The van der Waals surface area contributed by atoms with E-state index in [4.69, 9.17) is 10.2 Å². The van der Waals surface area contributed by atoms with Crippen LogP contribution in [0, 0.1) is 0 Å². The number of carboxylic acids is 2. The molecule has 2 aliphatic rings. The van der Waals surface area contributed by atoms with E-state index in [1.807, 2.05) is 58.1 Å². The first kappa shape index (κ1) is 42.8. The van der Waals surface area contributed by atoms with Crippen LogP contribution >= 0.6 is 0 Å². The van der Waals surface area contributed by atoms with Crippen molar-refractivity contribution in [1.82, 2.24) is 0 Å². The lowest BCUT2D eigenvalue weighted by molar-refractivity contribution is -0.438. The van der Waals surface area contributed by atoms with E-state index in [2.05, 4.69) is 9.48 Å². The lowest BCUT2D eigenvalue weighted by atomic mass is 9.81. The van der Waals surface area contributed by atoms with E-state index in [1.165, 1.54) is 24.3 Å². The van der Waals surface area contributed by atoms with Gasteiger partial charge in [0.25, 0.3) is 20.2 Å². The van der Waals surface area contributed by atoms with Gasteiger partial charge in [0.05, 0.1) is 15.2 Å². The maximum Gasteiger partial charge on any atom is 0.303 e. The summed E-state index contributed by atoms with van der Waals surface area (Å²) in [5, 5.41) is 18.0. The largest absolute Gasteiger partial charge is 1.00 e. The molecule has 0 bridgehead atoms. The monoisotopic (exact) mass is 822 g/mol. The molecule has 0 unspecified atom stereocenters. The SMILES string of the molecule is CC1(C)C(/C=C/C=C/C=C2\N(CCCCCC(=O)O)c3ccc(S(=O)(=O)O)cc3C2(C)C)=[N+](CCCCCC(=O)O)c2ccc(S(=O)(=O)O)cc21.[Br-]. The van der Waals surface area contributed by atoms with Crippen LogP contribution in [0.5, 0.6) is 0 Å². The Morgan fingerprint density at radius 2 is 1.29 bits per heavy atom. The minimum absolute atomic E-state index is 0. The molecule has 0 aliphatic carbocycles. The molecule has 4 rings (SSSR count). The van der Waals surface area contributed by atoms with Crippen molar-refractivity contribution < 1.29 is 67.3 Å². The first-order chi connectivity index (χ1) is 23.8. The first-order valence-corrected chi connectivity index (χ1v) is 19.8. The standard InChI is InChI=1S/C37H46N2O10S2.BrH/c1-36(2)28-24-26(50(44,45)46)18-20-30(28)38(22-12-6-10-16-34(40)41)32(36)14-8-5-9-15-33-37(3,4)29-25-27(51(47,48)49)19-21-31(29)39(33)23-13-7-11-17-35(42)43;/h5,8-9,14-15,18-21,24-25H,6-7,10-13,16-17,22-23H2,1-4H3,(H3-,40,41,42,43,44,45,46,47,48,49);1H. The molecule has 0 radical (unpaired) electrons. The van der Waals surface area contributed by atoms with Crippen LogP contribution in [0.4, 0.5) is 11.4 Å². The van der Waals surface area contributed by atoms with Gasteiger partial charge >= 0.3 is 11.9 Å². The lowest BCUT2D eigenvalue weighted by Gasteiger charge is -2.27. The third kappa shape index (κ3) is 9.86. The molecule has 2 aliphatic heterocycles. The van der Waals surface area contributed by atoms with E-state index in [9.17, 15) is 35.5 Å². The van der Waals surface area contributed by atoms with E-state index in [0.29, 0.717) is 51.6 Å². The molecule has 0 amide bonds. The van der Waals surface area contributed by atoms with Crippen LogP contribution in [0.2, 0.25) is 0 Å². The molecule has 0 aromatic heterocycles. The zero-order valence-corrected chi connectivity index (χ0v) is 33.0. The van der Waals surface area contributed by atoms with E-state index in [1.54, 1.807) is 12.1 Å². The number of hydrogen-bond donors (Lipinski definition) is 4. The van der Waals surface area contributed by atoms with E-state index in [-0.39, 0.29) is 39.6 Å². The Hall–Kier alpha value is -3.63. The fraction of sp³-hybridized carbons (Fsp3) is 0.432. The topological polar surface area (TPSA) is 190 Å². The molecule has 0 fully saturated rings. The third-order valence-corrected chi connectivity index (χ3v) is 11.3. The number of aliphatic carboxylic acids is 2. The Bertz CT molecular complexity index is 2030. The second kappa shape index (κ2) is 17.0. The number of benzene rings is 2. The number of fused-ring (bicyclic) bond motifs is 2. The van der Waals surface area contributed by atoms with E-state index >= 15 is 0 Å². The molecular formula is C37H47BrN2O10S2. The maximum atomic E-state index is 12.0. The summed E-state index contributed by atoms with van der Waals surface area (Å²) < 4.78 is 69.4. The van der Waals surface area contributed by atoms with Gasteiger partial charge in [0.2, 0.25) is 5.69 Å². The number of unbranched alkanes of at least 4 members (excludes halogenated alkanes) is 4. The molecule has 0 saturated carbocycles. The van der Waals surface area contributed by atoms with Gasteiger partial charge in [-0.25, -0.2) is 0 Å². The maximum absolute atomic E-state index is 12.0. The Balaban J connectivity index is 0.00000729. The summed E-state index contributed by atoms with van der Waals surface area (Å²) in [6, 6.07) is 9.10. The zero-order valence-electron chi connectivity index (χ0n) is 29.7. The van der Waals surface area contributed by atoms with Crippen molar-refractivity contribution in [2.45, 2.75) is 99.7 Å². The number of allylic oxidation sites excluding steroid dienone is 6. The third-order valence-electron chi connectivity index (χ3n) is 9.60. The van der Waals surface area contributed by atoms with Crippen molar-refractivity contribution in [3.63, 3.8) is 0 Å². The van der Waals surface area contributed by atoms with Gasteiger partial charge in [0.15, 0.2) is 5.71 Å². The van der Waals surface area contributed by atoms with Crippen LogP contribution in [-0.4, -0.2) is 71.5 Å². The van der Waals surface area contributed by atoms with Gasteiger partial charge in [-0.3, -0.25) is 18.7 Å². The molecular weight excluding hydrogens is 776 g/mol. The molecule has 15 heteroatoms. The van der Waals surface area contributed by atoms with Gasteiger partial charge in [0, 0.05) is 60.3 Å². The Kier molecular flexibility index (Phi) is 14.0. The fourth-order valence-corrected chi connectivity index (χ4v) is 7.93. The second-order valence-electron chi connectivity index (χ2n) is 14.0. The highest BCUT2D eigenvalue weighted by Crippen LogP contribution is 2.48. The highest BCUT2D eigenvalue weighted by molar-refractivity contribution is 7.86. The van der Waals surface area contributed by atoms with Crippen LogP contribution in [-0.2, 0) is 40.7 Å². The summed E-state index contributed by atoms with van der Waals surface area (Å²) in [5.74, 6) is -1.69. The predicted octanol–water partition coefficient (Wildman–Crippen LogP) is 3.64. The van der Waals surface area contributed by atoms with Crippen LogP contribution in [0.3, 0.4) is 0 Å². The number of carboxylic acid groups (broad SMARTS) is 2. The molecule has 52 heavy (non-hydrogen) atoms. The summed E-state index contributed by atoms with van der Waals surface area (Å²) in [6.07, 6.45) is 13.6. The van der Waals surface area contributed by atoms with Crippen molar-refractivity contribution in [3.05, 3.63) is 83.6 Å². The summed E-state index contributed by atoms with van der Waals surface area (Å²) >= 11 is 0. The Morgan fingerprint density at radius 3 is 1.87 bits per heavy atom.